The number of carbonyl (C=O) groups is 3. The maximum atomic E-state index is 11.7. The quantitative estimate of drug-likeness (QED) is 0.643. The van der Waals surface area contributed by atoms with E-state index in [4.69, 9.17) is 5.11 Å². The highest BCUT2D eigenvalue weighted by Gasteiger charge is 2.14. The summed E-state index contributed by atoms with van der Waals surface area (Å²) in [5.74, 6) is -1.45. The van der Waals surface area contributed by atoms with Gasteiger partial charge in [-0.1, -0.05) is 12.1 Å². The van der Waals surface area contributed by atoms with E-state index in [1.54, 1.807) is 26.0 Å². The molecule has 0 radical (unpaired) electrons. The molecule has 20 heavy (non-hydrogen) atoms. The molecule has 0 aromatic heterocycles. The van der Waals surface area contributed by atoms with Crippen LogP contribution in [0.1, 0.15) is 22.8 Å². The Hall–Kier alpha value is -2.57. The van der Waals surface area contributed by atoms with Crippen molar-refractivity contribution >= 4 is 23.6 Å². The Morgan fingerprint density at radius 1 is 1.20 bits per heavy atom. The topological polar surface area (TPSA) is 108 Å². The summed E-state index contributed by atoms with van der Waals surface area (Å²) in [6.07, 6.45) is 0. The lowest BCUT2D eigenvalue weighted by Gasteiger charge is -2.12. The number of aromatic carboxylic acids is 1. The van der Waals surface area contributed by atoms with Gasteiger partial charge in [-0.2, -0.15) is 0 Å². The second kappa shape index (κ2) is 7.13. The number of hydrogen-bond acceptors (Lipinski definition) is 3. The van der Waals surface area contributed by atoms with E-state index in [-0.39, 0.29) is 23.7 Å². The van der Waals surface area contributed by atoms with E-state index < -0.39 is 12.0 Å². The fourth-order valence-corrected chi connectivity index (χ4v) is 1.59. The number of carboxylic acid groups (broad SMARTS) is 1. The van der Waals surface area contributed by atoms with Crippen LogP contribution in [-0.2, 0) is 4.79 Å². The number of rotatable bonds is 5. The van der Waals surface area contributed by atoms with Crippen molar-refractivity contribution in [1.29, 1.82) is 0 Å². The van der Waals surface area contributed by atoms with E-state index in [1.165, 1.54) is 6.07 Å². The van der Waals surface area contributed by atoms with E-state index in [1.807, 2.05) is 0 Å². The zero-order valence-corrected chi connectivity index (χ0v) is 11.3. The SMILES string of the molecule is CCNC(=O)CNC(=O)Nc1c(C)cccc1C(=O)O. The first-order valence-electron chi connectivity index (χ1n) is 6.10. The molecular weight excluding hydrogens is 262 g/mol. The lowest BCUT2D eigenvalue weighted by Crippen LogP contribution is -2.39. The monoisotopic (exact) mass is 279 g/mol. The molecule has 7 nitrogen and oxygen atoms in total. The van der Waals surface area contributed by atoms with Gasteiger partial charge < -0.3 is 21.1 Å². The molecule has 1 aromatic rings. The molecule has 0 aliphatic heterocycles. The van der Waals surface area contributed by atoms with Gasteiger partial charge in [0.2, 0.25) is 5.91 Å². The van der Waals surface area contributed by atoms with Crippen LogP contribution in [0.2, 0.25) is 0 Å². The van der Waals surface area contributed by atoms with Gasteiger partial charge in [-0.3, -0.25) is 4.79 Å². The Bertz CT molecular complexity index is 528. The Morgan fingerprint density at radius 3 is 2.50 bits per heavy atom. The number of para-hydroxylation sites is 1. The molecule has 0 spiro atoms. The van der Waals surface area contributed by atoms with Gasteiger partial charge in [0.05, 0.1) is 17.8 Å². The largest absolute Gasteiger partial charge is 0.478 e. The number of aryl methyl sites for hydroxylation is 1. The molecule has 0 unspecified atom stereocenters. The Morgan fingerprint density at radius 2 is 1.90 bits per heavy atom. The summed E-state index contributed by atoms with van der Waals surface area (Å²) in [7, 11) is 0. The average molecular weight is 279 g/mol. The number of carbonyl (C=O) groups excluding carboxylic acids is 2. The number of carboxylic acids is 1. The van der Waals surface area contributed by atoms with Crippen molar-refractivity contribution < 1.29 is 19.5 Å². The van der Waals surface area contributed by atoms with Crippen LogP contribution >= 0.6 is 0 Å². The van der Waals surface area contributed by atoms with E-state index in [0.717, 1.165) is 0 Å². The predicted octanol–water partition coefficient (Wildman–Crippen LogP) is 0.951. The molecule has 0 heterocycles. The molecule has 3 amide bonds. The van der Waals surface area contributed by atoms with Gasteiger partial charge in [0.15, 0.2) is 0 Å². The van der Waals surface area contributed by atoms with Crippen molar-refractivity contribution in [3.8, 4) is 0 Å². The van der Waals surface area contributed by atoms with Crippen LogP contribution in [0.25, 0.3) is 0 Å². The Labute approximate surface area is 116 Å². The van der Waals surface area contributed by atoms with E-state index in [0.29, 0.717) is 12.1 Å². The second-order valence-electron chi connectivity index (χ2n) is 4.06. The lowest BCUT2D eigenvalue weighted by molar-refractivity contribution is -0.119. The summed E-state index contributed by atoms with van der Waals surface area (Å²) in [6, 6.07) is 4.05. The van der Waals surface area contributed by atoms with Crippen molar-refractivity contribution in [2.75, 3.05) is 18.4 Å². The van der Waals surface area contributed by atoms with Crippen molar-refractivity contribution in [3.63, 3.8) is 0 Å². The third kappa shape index (κ3) is 4.27. The number of amides is 3. The molecule has 1 rings (SSSR count). The van der Waals surface area contributed by atoms with Crippen LogP contribution in [0.15, 0.2) is 18.2 Å². The fourth-order valence-electron chi connectivity index (χ4n) is 1.59. The third-order valence-electron chi connectivity index (χ3n) is 2.53. The molecule has 0 bridgehead atoms. The van der Waals surface area contributed by atoms with Gasteiger partial charge in [-0.05, 0) is 25.5 Å². The highest BCUT2D eigenvalue weighted by atomic mass is 16.4. The number of nitrogens with one attached hydrogen (secondary N) is 3. The second-order valence-corrected chi connectivity index (χ2v) is 4.06. The predicted molar refractivity (Wildman–Crippen MR) is 73.8 cm³/mol. The molecular formula is C13H17N3O4. The molecule has 0 saturated heterocycles. The average Bonchev–Trinajstić information content (AvgIpc) is 2.39. The van der Waals surface area contributed by atoms with Crippen LogP contribution in [-0.4, -0.2) is 36.1 Å². The van der Waals surface area contributed by atoms with Crippen LogP contribution in [0, 0.1) is 6.92 Å². The number of hydrogen-bond donors (Lipinski definition) is 4. The van der Waals surface area contributed by atoms with Crippen LogP contribution in [0.5, 0.6) is 0 Å². The molecule has 0 saturated carbocycles. The van der Waals surface area contributed by atoms with Gasteiger partial charge in [0.25, 0.3) is 0 Å². The minimum absolute atomic E-state index is 0.00170. The first kappa shape index (κ1) is 15.5. The summed E-state index contributed by atoms with van der Waals surface area (Å²) in [4.78, 5) is 33.9. The van der Waals surface area contributed by atoms with Gasteiger partial charge in [0, 0.05) is 6.54 Å². The first-order valence-corrected chi connectivity index (χ1v) is 6.10. The number of urea groups is 1. The number of likely N-dealkylation sites (N-methyl/N-ethyl adjacent to an activating group) is 1. The van der Waals surface area contributed by atoms with Gasteiger partial charge in [-0.15, -0.1) is 0 Å². The zero-order chi connectivity index (χ0) is 15.1. The van der Waals surface area contributed by atoms with Gasteiger partial charge in [0.1, 0.15) is 0 Å². The standard InChI is InChI=1S/C13H17N3O4/c1-3-14-10(17)7-15-13(20)16-11-8(2)5-4-6-9(11)12(18)19/h4-6H,3,7H2,1-2H3,(H,14,17)(H,18,19)(H2,15,16,20). The molecule has 0 atom stereocenters. The summed E-state index contributed by atoms with van der Waals surface area (Å²) in [6.45, 7) is 3.76. The van der Waals surface area contributed by atoms with E-state index in [2.05, 4.69) is 16.0 Å². The van der Waals surface area contributed by atoms with Crippen LogP contribution in [0.4, 0.5) is 10.5 Å². The lowest BCUT2D eigenvalue weighted by atomic mass is 10.1. The zero-order valence-electron chi connectivity index (χ0n) is 11.3. The Balaban J connectivity index is 2.71. The minimum atomic E-state index is -1.13. The van der Waals surface area contributed by atoms with Crippen molar-refractivity contribution in [2.24, 2.45) is 0 Å². The van der Waals surface area contributed by atoms with Crippen molar-refractivity contribution in [2.45, 2.75) is 13.8 Å². The maximum absolute atomic E-state index is 11.7. The normalized spacial score (nSPS) is 9.70. The summed E-state index contributed by atoms with van der Waals surface area (Å²) < 4.78 is 0. The maximum Gasteiger partial charge on any atom is 0.337 e. The summed E-state index contributed by atoms with van der Waals surface area (Å²) >= 11 is 0. The Kier molecular flexibility index (Phi) is 5.52. The van der Waals surface area contributed by atoms with E-state index in [9.17, 15) is 14.4 Å². The molecule has 108 valence electrons. The smallest absolute Gasteiger partial charge is 0.337 e. The fraction of sp³-hybridized carbons (Fsp3) is 0.308. The van der Waals surface area contributed by atoms with Crippen molar-refractivity contribution in [3.05, 3.63) is 29.3 Å². The van der Waals surface area contributed by atoms with Gasteiger partial charge >= 0.3 is 12.0 Å². The van der Waals surface area contributed by atoms with E-state index >= 15 is 0 Å². The molecule has 0 fully saturated rings. The van der Waals surface area contributed by atoms with Crippen LogP contribution in [0.3, 0.4) is 0 Å². The molecule has 1 aromatic carbocycles. The molecule has 4 N–H and O–H groups in total. The highest BCUT2D eigenvalue weighted by molar-refractivity contribution is 6.01. The third-order valence-corrected chi connectivity index (χ3v) is 2.53. The summed E-state index contributed by atoms with van der Waals surface area (Å²) in [5.41, 5.74) is 0.838. The van der Waals surface area contributed by atoms with Gasteiger partial charge in [-0.25, -0.2) is 9.59 Å². The van der Waals surface area contributed by atoms with Crippen molar-refractivity contribution in [1.82, 2.24) is 10.6 Å². The minimum Gasteiger partial charge on any atom is -0.478 e. The first-order chi connectivity index (χ1) is 9.45. The number of anilines is 1. The van der Waals surface area contributed by atoms with Crippen LogP contribution < -0.4 is 16.0 Å². The highest BCUT2D eigenvalue weighted by Crippen LogP contribution is 2.20. The number of benzene rings is 1. The molecule has 0 aliphatic rings. The molecule has 7 heteroatoms. The molecule has 0 aliphatic carbocycles. The summed E-state index contributed by atoms with van der Waals surface area (Å²) in [5, 5.41) is 16.4.